The molecule has 0 N–H and O–H groups in total. The molecule has 0 amide bonds. The molecule has 0 spiro atoms. The number of nitrogens with zero attached hydrogens (tertiary/aromatic N) is 2. The first-order chi connectivity index (χ1) is 11.6. The van der Waals surface area contributed by atoms with E-state index in [1.165, 1.54) is 24.1 Å². The summed E-state index contributed by atoms with van der Waals surface area (Å²) >= 11 is 0. The van der Waals surface area contributed by atoms with Gasteiger partial charge in [0.2, 0.25) is 0 Å². The summed E-state index contributed by atoms with van der Waals surface area (Å²) in [5.41, 5.74) is 2.82. The number of anilines is 1. The number of benzene rings is 1. The van der Waals surface area contributed by atoms with Gasteiger partial charge >= 0.3 is 0 Å². The molecule has 3 rings (SSSR count). The number of unbranched alkanes of at least 4 members (excludes halogenated alkanes) is 1. The van der Waals surface area contributed by atoms with Gasteiger partial charge in [-0.05, 0) is 43.9 Å². The van der Waals surface area contributed by atoms with Crippen molar-refractivity contribution in [2.45, 2.75) is 45.1 Å². The molecule has 0 unspecified atom stereocenters. The molecule has 24 heavy (non-hydrogen) atoms. The van der Waals surface area contributed by atoms with E-state index in [0.717, 1.165) is 45.4 Å². The molecule has 2 heterocycles. The summed E-state index contributed by atoms with van der Waals surface area (Å²) in [5.74, 6) is 0.722. The van der Waals surface area contributed by atoms with Gasteiger partial charge in [-0.2, -0.15) is 0 Å². The molecule has 5 heteroatoms. The number of sulfone groups is 1. The average molecular weight is 351 g/mol. The van der Waals surface area contributed by atoms with Gasteiger partial charge in [0.05, 0.1) is 11.5 Å². The van der Waals surface area contributed by atoms with E-state index in [-0.39, 0.29) is 6.04 Å². The monoisotopic (exact) mass is 350 g/mol. The molecule has 1 aromatic rings. The largest absolute Gasteiger partial charge is 0.370 e. The van der Waals surface area contributed by atoms with E-state index in [1.807, 2.05) is 0 Å². The zero-order chi connectivity index (χ0) is 17.0. The van der Waals surface area contributed by atoms with E-state index in [9.17, 15) is 8.42 Å². The van der Waals surface area contributed by atoms with Crippen LogP contribution in [0.25, 0.3) is 0 Å². The summed E-state index contributed by atoms with van der Waals surface area (Å²) in [6.07, 6.45) is 5.50. The summed E-state index contributed by atoms with van der Waals surface area (Å²) in [4.78, 5) is 4.92. The molecular weight excluding hydrogens is 320 g/mol. The lowest BCUT2D eigenvalue weighted by Gasteiger charge is -2.35. The molecule has 0 aromatic heterocycles. The summed E-state index contributed by atoms with van der Waals surface area (Å²) in [6, 6.07) is 8.93. The molecule has 2 aliphatic rings. The highest BCUT2D eigenvalue weighted by molar-refractivity contribution is 7.91. The fourth-order valence-corrected chi connectivity index (χ4v) is 5.76. The Morgan fingerprint density at radius 1 is 1.25 bits per heavy atom. The second kappa shape index (κ2) is 7.87. The van der Waals surface area contributed by atoms with Crippen molar-refractivity contribution < 1.29 is 8.42 Å². The molecule has 0 bridgehead atoms. The summed E-state index contributed by atoms with van der Waals surface area (Å²) in [7, 11) is -2.81. The van der Waals surface area contributed by atoms with Gasteiger partial charge in [0.15, 0.2) is 9.84 Å². The smallest absolute Gasteiger partial charge is 0.151 e. The van der Waals surface area contributed by atoms with Gasteiger partial charge in [-0.15, -0.1) is 0 Å². The summed E-state index contributed by atoms with van der Waals surface area (Å²) < 4.78 is 23.7. The van der Waals surface area contributed by atoms with Crippen molar-refractivity contribution in [2.75, 3.05) is 42.6 Å². The molecular formula is C19H30N2O2S. The minimum absolute atomic E-state index is 0.224. The van der Waals surface area contributed by atoms with E-state index < -0.39 is 9.84 Å². The Morgan fingerprint density at radius 2 is 2.08 bits per heavy atom. The number of aryl methyl sites for hydroxylation is 1. The third kappa shape index (κ3) is 4.31. The predicted molar refractivity (Wildman–Crippen MR) is 101 cm³/mol. The molecule has 1 atom stereocenters. The van der Waals surface area contributed by atoms with Crippen molar-refractivity contribution in [3.63, 3.8) is 0 Å². The number of hydrogen-bond acceptors (Lipinski definition) is 4. The Morgan fingerprint density at radius 3 is 2.83 bits per heavy atom. The van der Waals surface area contributed by atoms with Crippen LogP contribution in [0.3, 0.4) is 0 Å². The lowest BCUT2D eigenvalue weighted by Crippen LogP contribution is -2.43. The predicted octanol–water partition coefficient (Wildman–Crippen LogP) is 2.73. The first-order valence-electron chi connectivity index (χ1n) is 9.36. The Hall–Kier alpha value is -1.07. The number of rotatable bonds is 7. The first kappa shape index (κ1) is 17.7. The molecule has 1 saturated heterocycles. The van der Waals surface area contributed by atoms with Crippen LogP contribution in [-0.2, 0) is 16.3 Å². The van der Waals surface area contributed by atoms with Crippen LogP contribution < -0.4 is 4.90 Å². The maximum Gasteiger partial charge on any atom is 0.151 e. The van der Waals surface area contributed by atoms with Gasteiger partial charge in [-0.25, -0.2) is 8.42 Å². The lowest BCUT2D eigenvalue weighted by molar-refractivity contribution is 0.213. The van der Waals surface area contributed by atoms with Crippen LogP contribution in [0.5, 0.6) is 0 Å². The van der Waals surface area contributed by atoms with Gasteiger partial charge in [-0.1, -0.05) is 31.5 Å². The Balaban J connectivity index is 1.64. The molecule has 0 saturated carbocycles. The highest BCUT2D eigenvalue weighted by Gasteiger charge is 2.32. The normalized spacial score (nSPS) is 22.8. The van der Waals surface area contributed by atoms with Crippen LogP contribution >= 0.6 is 0 Å². The van der Waals surface area contributed by atoms with Gasteiger partial charge < -0.3 is 4.90 Å². The molecule has 0 radical (unpaired) electrons. The summed E-state index contributed by atoms with van der Waals surface area (Å²) in [6.45, 7) is 6.30. The zero-order valence-corrected chi connectivity index (χ0v) is 15.6. The quantitative estimate of drug-likeness (QED) is 0.758. The van der Waals surface area contributed by atoms with Crippen LogP contribution in [0, 0.1) is 0 Å². The topological polar surface area (TPSA) is 40.6 Å². The number of fused-ring (bicyclic) bond motifs is 1. The van der Waals surface area contributed by atoms with Crippen molar-refractivity contribution >= 4 is 15.5 Å². The van der Waals surface area contributed by atoms with Crippen molar-refractivity contribution in [2.24, 2.45) is 0 Å². The van der Waals surface area contributed by atoms with Gasteiger partial charge in [-0.3, -0.25) is 4.90 Å². The van der Waals surface area contributed by atoms with Gasteiger partial charge in [0.25, 0.3) is 0 Å². The van der Waals surface area contributed by atoms with E-state index >= 15 is 0 Å². The highest BCUT2D eigenvalue weighted by Crippen LogP contribution is 2.27. The SMILES string of the molecule is CCCCN(CCN1CCCc2ccccc21)[C@H]1CCS(=O)(=O)C1. The van der Waals surface area contributed by atoms with Crippen LogP contribution in [0.1, 0.15) is 38.2 Å². The van der Waals surface area contributed by atoms with Crippen molar-refractivity contribution in [3.8, 4) is 0 Å². The minimum atomic E-state index is -2.81. The zero-order valence-electron chi connectivity index (χ0n) is 14.8. The second-order valence-electron chi connectivity index (χ2n) is 7.17. The Kier molecular flexibility index (Phi) is 5.82. The van der Waals surface area contributed by atoms with Crippen LogP contribution in [-0.4, -0.2) is 57.0 Å². The molecule has 1 fully saturated rings. The molecule has 134 valence electrons. The van der Waals surface area contributed by atoms with Crippen molar-refractivity contribution in [1.82, 2.24) is 4.90 Å². The van der Waals surface area contributed by atoms with E-state index in [0.29, 0.717) is 11.5 Å². The fourth-order valence-electron chi connectivity index (χ4n) is 3.99. The van der Waals surface area contributed by atoms with Crippen molar-refractivity contribution in [1.29, 1.82) is 0 Å². The van der Waals surface area contributed by atoms with Crippen LogP contribution in [0.2, 0.25) is 0 Å². The molecule has 2 aliphatic heterocycles. The van der Waals surface area contributed by atoms with E-state index in [2.05, 4.69) is 41.0 Å². The van der Waals surface area contributed by atoms with E-state index in [4.69, 9.17) is 0 Å². The number of para-hydroxylation sites is 1. The molecule has 1 aromatic carbocycles. The Labute approximate surface area is 146 Å². The van der Waals surface area contributed by atoms with E-state index in [1.54, 1.807) is 0 Å². The number of hydrogen-bond donors (Lipinski definition) is 0. The molecule has 0 aliphatic carbocycles. The minimum Gasteiger partial charge on any atom is -0.370 e. The lowest BCUT2D eigenvalue weighted by atomic mass is 10.0. The van der Waals surface area contributed by atoms with Crippen LogP contribution in [0.4, 0.5) is 5.69 Å². The second-order valence-corrected chi connectivity index (χ2v) is 9.39. The maximum atomic E-state index is 11.9. The maximum absolute atomic E-state index is 11.9. The van der Waals surface area contributed by atoms with Gasteiger partial charge in [0, 0.05) is 31.4 Å². The highest BCUT2D eigenvalue weighted by atomic mass is 32.2. The third-order valence-electron chi connectivity index (χ3n) is 5.39. The average Bonchev–Trinajstić information content (AvgIpc) is 2.95. The Bertz CT molecular complexity index is 645. The van der Waals surface area contributed by atoms with Crippen LogP contribution in [0.15, 0.2) is 24.3 Å². The van der Waals surface area contributed by atoms with Gasteiger partial charge in [0.1, 0.15) is 0 Å². The molecule has 4 nitrogen and oxygen atoms in total. The third-order valence-corrected chi connectivity index (χ3v) is 7.14. The standard InChI is InChI=1S/C19H30N2O2S/c1-2-3-11-20(18-10-15-24(22,23)16-18)13-14-21-12-6-8-17-7-4-5-9-19(17)21/h4-5,7,9,18H,2-3,6,8,10-16H2,1H3/t18-/m0/s1. The fraction of sp³-hybridized carbons (Fsp3) is 0.684. The van der Waals surface area contributed by atoms with Crippen molar-refractivity contribution in [3.05, 3.63) is 29.8 Å². The first-order valence-corrected chi connectivity index (χ1v) is 11.2. The summed E-state index contributed by atoms with van der Waals surface area (Å²) in [5, 5.41) is 0.